The molecule has 0 saturated carbocycles. The predicted molar refractivity (Wildman–Crippen MR) is 106 cm³/mol. The van der Waals surface area contributed by atoms with E-state index in [0.29, 0.717) is 28.2 Å². The van der Waals surface area contributed by atoms with Gasteiger partial charge in [-0.1, -0.05) is 24.3 Å². The fraction of sp³-hybridized carbons (Fsp3) is 0.238. The Labute approximate surface area is 165 Å². The van der Waals surface area contributed by atoms with Crippen LogP contribution < -0.4 is 4.80 Å². The minimum absolute atomic E-state index is 0.111. The summed E-state index contributed by atoms with van der Waals surface area (Å²) in [7, 11) is 0. The van der Waals surface area contributed by atoms with Crippen molar-refractivity contribution in [2.45, 2.75) is 18.9 Å². The molecule has 28 heavy (non-hydrogen) atoms. The van der Waals surface area contributed by atoms with Gasteiger partial charge in [-0.05, 0) is 42.7 Å². The van der Waals surface area contributed by atoms with Gasteiger partial charge in [0.25, 0.3) is 0 Å². The molecule has 0 N–H and O–H groups in total. The van der Waals surface area contributed by atoms with Crippen LogP contribution >= 0.6 is 11.3 Å². The number of ether oxygens (including phenoxy) is 1. The second-order valence-corrected chi connectivity index (χ2v) is 7.31. The topological polar surface area (TPSA) is 38.9 Å². The molecule has 1 saturated heterocycles. The van der Waals surface area contributed by atoms with Crippen LogP contribution in [0.4, 0.5) is 8.78 Å². The van der Waals surface area contributed by atoms with E-state index < -0.39 is 0 Å². The number of hydrogen-bond acceptors (Lipinski definition) is 4. The molecule has 4 nitrogen and oxygen atoms in total. The third kappa shape index (κ3) is 4.26. The van der Waals surface area contributed by atoms with Gasteiger partial charge in [0.15, 0.2) is 0 Å². The third-order valence-electron chi connectivity index (χ3n) is 4.46. The largest absolute Gasteiger partial charge is 0.376 e. The van der Waals surface area contributed by atoms with E-state index in [1.165, 1.54) is 29.5 Å². The average Bonchev–Trinajstić information content (AvgIpc) is 3.35. The third-order valence-corrected chi connectivity index (χ3v) is 5.31. The highest BCUT2D eigenvalue weighted by molar-refractivity contribution is 7.07. The first-order valence-corrected chi connectivity index (χ1v) is 9.96. The maximum Gasteiger partial charge on any atom is 0.206 e. The van der Waals surface area contributed by atoms with E-state index >= 15 is 0 Å². The number of hydrogen-bond donors (Lipinski definition) is 0. The van der Waals surface area contributed by atoms with Crippen molar-refractivity contribution in [3.8, 4) is 11.3 Å². The van der Waals surface area contributed by atoms with E-state index in [1.54, 1.807) is 41.2 Å². The Morgan fingerprint density at radius 3 is 2.86 bits per heavy atom. The van der Waals surface area contributed by atoms with Gasteiger partial charge in [0.1, 0.15) is 11.6 Å². The Hall–Kier alpha value is -2.64. The summed E-state index contributed by atoms with van der Waals surface area (Å²) in [6.45, 7) is 1.30. The van der Waals surface area contributed by atoms with Crippen molar-refractivity contribution in [2.24, 2.45) is 10.1 Å². The molecular formula is C21H19F2N3OS. The van der Waals surface area contributed by atoms with Crippen LogP contribution in [0.3, 0.4) is 0 Å². The molecule has 0 bridgehead atoms. The first-order valence-electron chi connectivity index (χ1n) is 9.08. The summed E-state index contributed by atoms with van der Waals surface area (Å²) in [4.78, 5) is 5.28. The van der Waals surface area contributed by atoms with E-state index in [0.717, 1.165) is 19.4 Å². The standard InChI is InChI=1S/C21H19F2N3OS/c22-16-6-3-5-15(11-16)12-25-26-20(18-8-1-2-9-19(18)23)14-28-21(26)24-13-17-7-4-10-27-17/h1-3,5-6,8-9,11-12,14,17H,4,7,10,13H2/b24-21?,25-12-/t17-/m0/s1. The molecular weight excluding hydrogens is 380 g/mol. The molecule has 3 aromatic rings. The summed E-state index contributed by atoms with van der Waals surface area (Å²) in [5.41, 5.74) is 1.65. The number of rotatable bonds is 5. The molecule has 1 atom stereocenters. The Morgan fingerprint density at radius 2 is 2.07 bits per heavy atom. The van der Waals surface area contributed by atoms with Crippen molar-refractivity contribution in [3.63, 3.8) is 0 Å². The van der Waals surface area contributed by atoms with E-state index in [1.807, 2.05) is 5.38 Å². The van der Waals surface area contributed by atoms with Crippen molar-refractivity contribution < 1.29 is 13.5 Å². The van der Waals surface area contributed by atoms with E-state index in [9.17, 15) is 8.78 Å². The maximum atomic E-state index is 14.4. The second kappa shape index (κ2) is 8.58. The minimum Gasteiger partial charge on any atom is -0.376 e. The zero-order chi connectivity index (χ0) is 19.3. The van der Waals surface area contributed by atoms with Crippen LogP contribution in [0, 0.1) is 11.6 Å². The van der Waals surface area contributed by atoms with Gasteiger partial charge >= 0.3 is 0 Å². The quantitative estimate of drug-likeness (QED) is 0.584. The lowest BCUT2D eigenvalue weighted by atomic mass is 10.1. The minimum atomic E-state index is -0.336. The van der Waals surface area contributed by atoms with Gasteiger partial charge in [0.2, 0.25) is 4.80 Å². The molecule has 0 aliphatic carbocycles. The van der Waals surface area contributed by atoms with Crippen molar-refractivity contribution in [2.75, 3.05) is 13.2 Å². The lowest BCUT2D eigenvalue weighted by Crippen LogP contribution is -2.17. The average molecular weight is 399 g/mol. The lowest BCUT2D eigenvalue weighted by molar-refractivity contribution is 0.117. The molecule has 1 aliphatic heterocycles. The molecule has 0 unspecified atom stereocenters. The number of halogens is 2. The Balaban J connectivity index is 1.74. The Bertz CT molecular complexity index is 1050. The van der Waals surface area contributed by atoms with E-state index in [-0.39, 0.29) is 17.7 Å². The van der Waals surface area contributed by atoms with Crippen LogP contribution in [0.15, 0.2) is 64.0 Å². The predicted octanol–water partition coefficient (Wildman–Crippen LogP) is 4.46. The number of nitrogens with zero attached hydrogens (tertiary/aromatic N) is 3. The summed E-state index contributed by atoms with van der Waals surface area (Å²) in [6.07, 6.45) is 3.69. The molecule has 0 amide bonds. The summed E-state index contributed by atoms with van der Waals surface area (Å²) < 4.78 is 35.0. The highest BCUT2D eigenvalue weighted by atomic mass is 32.1. The van der Waals surface area contributed by atoms with Gasteiger partial charge in [0, 0.05) is 17.6 Å². The molecule has 2 heterocycles. The monoisotopic (exact) mass is 399 g/mol. The van der Waals surface area contributed by atoms with Gasteiger partial charge in [0.05, 0.1) is 24.6 Å². The van der Waals surface area contributed by atoms with Crippen LogP contribution in [0.1, 0.15) is 18.4 Å². The molecule has 1 fully saturated rings. The SMILES string of the molecule is Fc1cccc(/C=N\n2c(-c3ccccc3F)csc2=NC[C@@H]2CCCO2)c1. The molecule has 1 aliphatic rings. The van der Waals surface area contributed by atoms with Crippen LogP contribution in [0.2, 0.25) is 0 Å². The van der Waals surface area contributed by atoms with Gasteiger partial charge < -0.3 is 4.74 Å². The first-order chi connectivity index (χ1) is 13.7. The summed E-state index contributed by atoms with van der Waals surface area (Å²) >= 11 is 1.39. The van der Waals surface area contributed by atoms with Crippen LogP contribution in [-0.4, -0.2) is 30.1 Å². The molecule has 0 spiro atoms. The van der Waals surface area contributed by atoms with Crippen LogP contribution in [-0.2, 0) is 4.74 Å². The molecule has 4 rings (SSSR count). The van der Waals surface area contributed by atoms with Gasteiger partial charge in [-0.2, -0.15) is 5.10 Å². The lowest BCUT2D eigenvalue weighted by Gasteiger charge is -2.06. The maximum absolute atomic E-state index is 14.4. The normalized spacial score (nSPS) is 17.6. The van der Waals surface area contributed by atoms with Crippen molar-refractivity contribution >= 4 is 17.6 Å². The van der Waals surface area contributed by atoms with Gasteiger partial charge in [-0.3, -0.25) is 4.99 Å². The summed E-state index contributed by atoms with van der Waals surface area (Å²) in [6, 6.07) is 12.7. The fourth-order valence-corrected chi connectivity index (χ4v) is 3.89. The fourth-order valence-electron chi connectivity index (χ4n) is 3.05. The van der Waals surface area contributed by atoms with E-state index in [4.69, 9.17) is 4.74 Å². The molecule has 7 heteroatoms. The Morgan fingerprint density at radius 1 is 1.18 bits per heavy atom. The number of benzene rings is 2. The summed E-state index contributed by atoms with van der Waals surface area (Å²) in [5.74, 6) is -0.669. The number of aromatic nitrogens is 1. The van der Waals surface area contributed by atoms with Crippen LogP contribution in [0.5, 0.6) is 0 Å². The molecule has 0 radical (unpaired) electrons. The van der Waals surface area contributed by atoms with Gasteiger partial charge in [-0.25, -0.2) is 13.5 Å². The van der Waals surface area contributed by atoms with E-state index in [2.05, 4.69) is 10.1 Å². The van der Waals surface area contributed by atoms with Gasteiger partial charge in [-0.15, -0.1) is 11.3 Å². The first kappa shape index (κ1) is 18.7. The zero-order valence-electron chi connectivity index (χ0n) is 15.1. The highest BCUT2D eigenvalue weighted by Crippen LogP contribution is 2.23. The molecule has 1 aromatic heterocycles. The second-order valence-electron chi connectivity index (χ2n) is 6.47. The Kier molecular flexibility index (Phi) is 5.73. The zero-order valence-corrected chi connectivity index (χ0v) is 15.9. The highest BCUT2D eigenvalue weighted by Gasteiger charge is 2.16. The smallest absolute Gasteiger partial charge is 0.206 e. The van der Waals surface area contributed by atoms with Crippen molar-refractivity contribution in [1.82, 2.24) is 4.68 Å². The van der Waals surface area contributed by atoms with Crippen molar-refractivity contribution in [3.05, 3.63) is 75.9 Å². The molecule has 2 aromatic carbocycles. The molecule has 144 valence electrons. The summed E-state index contributed by atoms with van der Waals surface area (Å²) in [5, 5.41) is 6.30. The number of thiazole rings is 1. The van der Waals surface area contributed by atoms with Crippen molar-refractivity contribution in [1.29, 1.82) is 0 Å². The van der Waals surface area contributed by atoms with Crippen LogP contribution in [0.25, 0.3) is 11.3 Å².